The van der Waals surface area contributed by atoms with Crippen LogP contribution in [0.4, 0.5) is 30.2 Å². The van der Waals surface area contributed by atoms with E-state index in [-0.39, 0.29) is 35.2 Å². The number of rotatable bonds is 9. The highest BCUT2D eigenvalue weighted by Gasteiger charge is 2.32. The number of aromatic amines is 3. The van der Waals surface area contributed by atoms with Gasteiger partial charge in [0, 0.05) is 121 Å². The molecule has 0 radical (unpaired) electrons. The molecule has 3 aromatic heterocycles. The van der Waals surface area contributed by atoms with E-state index >= 15 is 0 Å². The summed E-state index contributed by atoms with van der Waals surface area (Å²) in [6.45, 7) is 17.5. The number of amides is 2. The molecule has 0 unspecified atom stereocenters. The number of likely N-dealkylation sites (N-methyl/N-ethyl adjacent to an activating group) is 1. The number of halogens is 3. The minimum absolute atomic E-state index is 0.0906. The Labute approximate surface area is 516 Å². The Bertz CT molecular complexity index is 4010. The van der Waals surface area contributed by atoms with Crippen LogP contribution in [0.3, 0.4) is 0 Å². The minimum Gasteiger partial charge on any atom is -0.481 e. The highest BCUT2D eigenvalue weighted by molar-refractivity contribution is 5.84. The third-order valence-corrected chi connectivity index (χ3v) is 18.4. The van der Waals surface area contributed by atoms with Gasteiger partial charge in [-0.05, 0) is 174 Å². The summed E-state index contributed by atoms with van der Waals surface area (Å²) in [4.78, 5) is 73.2. The Kier molecular flexibility index (Phi) is 18.0. The van der Waals surface area contributed by atoms with Crippen LogP contribution in [-0.4, -0.2) is 166 Å². The number of aromatic nitrogens is 6. The Morgan fingerprint density at radius 3 is 1.09 bits per heavy atom. The van der Waals surface area contributed by atoms with Crippen LogP contribution in [0.25, 0.3) is 67.3 Å². The second-order valence-corrected chi connectivity index (χ2v) is 24.6. The molecule has 89 heavy (non-hydrogen) atoms. The zero-order valence-electron chi connectivity index (χ0n) is 51.1. The van der Waals surface area contributed by atoms with E-state index in [0.29, 0.717) is 71.9 Å². The third kappa shape index (κ3) is 13.8. The van der Waals surface area contributed by atoms with E-state index in [1.54, 1.807) is 12.1 Å². The predicted molar refractivity (Wildman–Crippen MR) is 345 cm³/mol. The number of piperazine rings is 2. The first-order chi connectivity index (χ1) is 43.1. The first-order valence-corrected chi connectivity index (χ1v) is 31.3. The van der Waals surface area contributed by atoms with Gasteiger partial charge in [-0.1, -0.05) is 18.2 Å². The molecule has 20 heteroatoms. The molecule has 14 rings (SSSR count). The number of carbonyl (C=O) groups excluding carboxylic acids is 2. The van der Waals surface area contributed by atoms with E-state index in [0.717, 1.165) is 171 Å². The summed E-state index contributed by atoms with van der Waals surface area (Å²) in [7, 11) is 2.10. The zero-order valence-corrected chi connectivity index (χ0v) is 51.1. The van der Waals surface area contributed by atoms with E-state index in [1.807, 2.05) is 109 Å². The number of anilines is 3. The number of hydrogen-bond acceptors (Lipinski definition) is 11. The summed E-state index contributed by atoms with van der Waals surface area (Å²) in [5.74, 6) is 0.443. The van der Waals surface area contributed by atoms with Gasteiger partial charge in [0.25, 0.3) is 0 Å². The molecule has 5 saturated heterocycles. The Hall–Kier alpha value is -8.75. The lowest BCUT2D eigenvalue weighted by molar-refractivity contribution is -0.142. The number of H-pyrrole nitrogens is 3. The van der Waals surface area contributed by atoms with Crippen LogP contribution in [0.2, 0.25) is 0 Å². The topological polar surface area (TPSA) is 189 Å². The standard InChI is InChI=1S/C25H30FN5O.C24H28FN5O.C20H20FN3O2/c1-17-3-6-22-23(15-17)28-24(27-22)20-16-19(4-5-21(20)26)30-9-7-18(8-10-30)25(32)31-13-11-29(2)12-14-31;1-16-2-5-21-22(14-16)28-23(27-21)19-15-18(3-4-20(19)25)29-10-6-17(7-11-29)24(31)30-12-8-26-9-13-30;1-12-2-5-17-18(10-12)23-19(22-17)15-11-14(3-4-16(15)21)24-8-6-13(7-9-24)20(25)26/h3-6,15-16,18H,7-14H2,1-2H3,(H,27,28);2-5,14-15,17,26H,6-13H2,1H3,(H,27,28);2-5,10-11,13H,6-9H2,1H3,(H,22,23)(H,25,26). The number of imidazole rings is 3. The van der Waals surface area contributed by atoms with Crippen molar-refractivity contribution in [2.45, 2.75) is 59.3 Å². The Morgan fingerprint density at radius 2 is 0.753 bits per heavy atom. The highest BCUT2D eigenvalue weighted by atomic mass is 19.1. The van der Waals surface area contributed by atoms with E-state index in [1.165, 1.54) is 18.2 Å². The number of carboxylic acids is 1. The van der Waals surface area contributed by atoms with Crippen LogP contribution in [0.1, 0.15) is 55.2 Å². The lowest BCUT2D eigenvalue weighted by Gasteiger charge is -2.38. The molecule has 9 aromatic rings. The number of hydrogen-bond donors (Lipinski definition) is 5. The predicted octanol–water partition coefficient (Wildman–Crippen LogP) is 11.0. The number of aryl methyl sites for hydroxylation is 3. The number of nitrogens with one attached hydrogen (secondary N) is 4. The normalized spacial score (nSPS) is 17.4. The maximum absolute atomic E-state index is 14.7. The number of fused-ring (bicyclic) bond motifs is 3. The molecule has 17 nitrogen and oxygen atoms in total. The van der Waals surface area contributed by atoms with Crippen molar-refractivity contribution in [3.05, 3.63) is 143 Å². The van der Waals surface area contributed by atoms with Gasteiger partial charge < -0.3 is 54.8 Å². The largest absolute Gasteiger partial charge is 0.481 e. The van der Waals surface area contributed by atoms with E-state index < -0.39 is 5.97 Å². The van der Waals surface area contributed by atoms with E-state index in [4.69, 9.17) is 5.11 Å². The Morgan fingerprint density at radius 1 is 0.427 bits per heavy atom. The molecule has 0 saturated carbocycles. The molecular formula is C69H78F3N13O4. The molecule has 8 heterocycles. The van der Waals surface area contributed by atoms with Crippen LogP contribution in [-0.2, 0) is 14.4 Å². The second kappa shape index (κ2) is 26.5. The van der Waals surface area contributed by atoms with Crippen molar-refractivity contribution in [1.29, 1.82) is 0 Å². The summed E-state index contributed by atoms with van der Waals surface area (Å²) >= 11 is 0. The summed E-state index contributed by atoms with van der Waals surface area (Å²) in [6, 6.07) is 33.3. The first-order valence-electron chi connectivity index (χ1n) is 31.3. The van der Waals surface area contributed by atoms with E-state index in [2.05, 4.69) is 61.9 Å². The molecule has 5 aliphatic heterocycles. The van der Waals surface area contributed by atoms with Crippen molar-refractivity contribution >= 4 is 67.9 Å². The number of carbonyl (C=O) groups is 3. The molecule has 2 amide bonds. The molecular weight excluding hydrogens is 1130 g/mol. The molecule has 0 aliphatic carbocycles. The van der Waals surface area contributed by atoms with Crippen molar-refractivity contribution in [3.63, 3.8) is 0 Å². The maximum Gasteiger partial charge on any atom is 0.306 e. The van der Waals surface area contributed by atoms with Crippen LogP contribution in [0, 0.1) is 56.0 Å². The SMILES string of the molecule is Cc1ccc2nc(-c3cc(N4CCC(C(=O)N5CCN(C)CC5)CC4)ccc3F)[nH]c2c1.Cc1ccc2nc(-c3cc(N4CCC(C(=O)N5CCNCC5)CC4)ccc3F)[nH]c2c1.Cc1ccc2nc(-c3cc(N4CCC(C(=O)O)CC4)ccc3F)[nH]c2c1. The van der Waals surface area contributed by atoms with E-state index in [9.17, 15) is 27.6 Å². The quantitative estimate of drug-likeness (QED) is 0.0921. The van der Waals surface area contributed by atoms with Gasteiger partial charge in [-0.25, -0.2) is 28.1 Å². The van der Waals surface area contributed by atoms with Gasteiger partial charge in [-0.15, -0.1) is 0 Å². The van der Waals surface area contributed by atoms with Gasteiger partial charge in [0.1, 0.15) is 34.9 Å². The maximum atomic E-state index is 14.7. The average Bonchev–Trinajstić information content (AvgIpc) is 3.84. The number of aliphatic carboxylic acids is 1. The van der Waals surface area contributed by atoms with Crippen LogP contribution in [0.5, 0.6) is 0 Å². The number of nitrogens with zero attached hydrogens (tertiary/aromatic N) is 9. The highest BCUT2D eigenvalue weighted by Crippen LogP contribution is 2.35. The van der Waals surface area contributed by atoms with Crippen LogP contribution >= 0.6 is 0 Å². The van der Waals surface area contributed by atoms with Crippen LogP contribution in [0.15, 0.2) is 109 Å². The average molecular weight is 1210 g/mol. The zero-order chi connectivity index (χ0) is 61.9. The first kappa shape index (κ1) is 60.5. The van der Waals surface area contributed by atoms with Gasteiger partial charge in [0.15, 0.2) is 0 Å². The fourth-order valence-electron chi connectivity index (χ4n) is 13.0. The molecule has 5 aliphatic rings. The fraction of sp³-hybridized carbons (Fsp3) is 0.391. The van der Waals surface area contributed by atoms with Crippen molar-refractivity contribution in [2.24, 2.45) is 17.8 Å². The summed E-state index contributed by atoms with van der Waals surface area (Å²) in [5, 5.41) is 12.4. The molecule has 5 N–H and O–H groups in total. The molecule has 6 aromatic carbocycles. The molecule has 5 fully saturated rings. The van der Waals surface area contributed by atoms with Gasteiger partial charge in [0.2, 0.25) is 11.8 Å². The van der Waals surface area contributed by atoms with Gasteiger partial charge in [-0.2, -0.15) is 0 Å². The fourth-order valence-corrected chi connectivity index (χ4v) is 13.0. The Balaban J connectivity index is 0.000000130. The number of piperidine rings is 3. The smallest absolute Gasteiger partial charge is 0.306 e. The minimum atomic E-state index is -0.734. The van der Waals surface area contributed by atoms with Crippen molar-refractivity contribution < 1.29 is 32.7 Å². The summed E-state index contributed by atoms with van der Waals surface area (Å²) in [6.07, 6.45) is 4.54. The van der Waals surface area contributed by atoms with Crippen molar-refractivity contribution in [3.8, 4) is 34.2 Å². The van der Waals surface area contributed by atoms with Crippen molar-refractivity contribution in [2.75, 3.05) is 113 Å². The van der Waals surface area contributed by atoms with Crippen molar-refractivity contribution in [1.82, 2.24) is 49.9 Å². The molecule has 464 valence electrons. The number of benzene rings is 6. The monoisotopic (exact) mass is 1210 g/mol. The third-order valence-electron chi connectivity index (χ3n) is 18.4. The number of carboxylic acid groups (broad SMARTS) is 1. The summed E-state index contributed by atoms with van der Waals surface area (Å²) < 4.78 is 43.8. The second-order valence-electron chi connectivity index (χ2n) is 24.6. The molecule has 0 atom stereocenters. The lowest BCUT2D eigenvalue weighted by Crippen LogP contribution is -2.50. The molecule has 0 bridgehead atoms. The van der Waals surface area contributed by atoms with Gasteiger partial charge in [-0.3, -0.25) is 14.4 Å². The van der Waals surface area contributed by atoms with Gasteiger partial charge in [0.05, 0.1) is 55.7 Å². The summed E-state index contributed by atoms with van der Waals surface area (Å²) in [5.41, 5.74) is 12.8. The van der Waals surface area contributed by atoms with Gasteiger partial charge >= 0.3 is 5.97 Å². The molecule has 0 spiro atoms. The lowest BCUT2D eigenvalue weighted by atomic mass is 9.94. The van der Waals surface area contributed by atoms with Crippen LogP contribution < -0.4 is 20.0 Å².